The largest absolute Gasteiger partial charge is 0.400 e. The van der Waals surface area contributed by atoms with E-state index < -0.39 is 0 Å². The Morgan fingerprint density at radius 1 is 1.00 bits per heavy atom. The Hall–Kier alpha value is -0.470. The summed E-state index contributed by atoms with van der Waals surface area (Å²) in [4.78, 5) is 1.33. The zero-order valence-corrected chi connectivity index (χ0v) is 9.06. The Morgan fingerprint density at radius 3 is 1.67 bits per heavy atom. The Kier molecular flexibility index (Phi) is 15.4. The summed E-state index contributed by atoms with van der Waals surface area (Å²) in [7, 11) is 1.00. The highest BCUT2D eigenvalue weighted by molar-refractivity contribution is 7.98. The molecule has 0 heterocycles. The number of hydrogen-bond acceptors (Lipinski definition) is 2. The van der Waals surface area contributed by atoms with E-state index in [0.717, 1.165) is 7.11 Å². The van der Waals surface area contributed by atoms with Crippen molar-refractivity contribution in [1.29, 1.82) is 0 Å². The molecule has 0 aliphatic rings. The van der Waals surface area contributed by atoms with Gasteiger partial charge in [0.05, 0.1) is 0 Å². The lowest BCUT2D eigenvalue weighted by atomic mass is 10.4. The molecule has 1 aromatic rings. The Bertz CT molecular complexity index is 151. The minimum Gasteiger partial charge on any atom is -0.400 e. The number of hydrogen-bond donors (Lipinski definition) is 1. The van der Waals surface area contributed by atoms with Crippen molar-refractivity contribution in [3.63, 3.8) is 0 Å². The van der Waals surface area contributed by atoms with Crippen molar-refractivity contribution in [2.24, 2.45) is 0 Å². The van der Waals surface area contributed by atoms with Crippen LogP contribution in [0.25, 0.3) is 0 Å². The zero-order valence-electron chi connectivity index (χ0n) is 8.24. The molecular formula is C10H18OS. The van der Waals surface area contributed by atoms with E-state index in [1.165, 1.54) is 4.90 Å². The average Bonchev–Trinajstić information content (AvgIpc) is 2.25. The molecular weight excluding hydrogens is 168 g/mol. The minimum atomic E-state index is 1.00. The third kappa shape index (κ3) is 7.63. The minimum absolute atomic E-state index is 1.00. The number of thioether (sulfide) groups is 1. The molecule has 1 nitrogen and oxygen atoms in total. The molecule has 0 aromatic heterocycles. The lowest BCUT2D eigenvalue weighted by Crippen LogP contribution is -1.62. The second kappa shape index (κ2) is 13.1. The summed E-state index contributed by atoms with van der Waals surface area (Å²) in [6, 6.07) is 10.3. The van der Waals surface area contributed by atoms with Crippen molar-refractivity contribution in [2.75, 3.05) is 13.4 Å². The molecule has 0 spiro atoms. The van der Waals surface area contributed by atoms with Gasteiger partial charge in [-0.25, -0.2) is 0 Å². The molecule has 2 heteroatoms. The van der Waals surface area contributed by atoms with Gasteiger partial charge in [-0.2, -0.15) is 0 Å². The van der Waals surface area contributed by atoms with Crippen LogP contribution in [0.1, 0.15) is 13.8 Å². The molecule has 0 atom stereocenters. The summed E-state index contributed by atoms with van der Waals surface area (Å²) in [5.41, 5.74) is 0. The highest BCUT2D eigenvalue weighted by Gasteiger charge is 1.80. The first-order valence-corrected chi connectivity index (χ1v) is 5.20. The highest BCUT2D eigenvalue weighted by Crippen LogP contribution is 2.11. The van der Waals surface area contributed by atoms with Crippen LogP contribution in [-0.2, 0) is 0 Å². The molecule has 1 aromatic carbocycles. The van der Waals surface area contributed by atoms with Gasteiger partial charge in [0.25, 0.3) is 0 Å². The van der Waals surface area contributed by atoms with Gasteiger partial charge in [-0.05, 0) is 18.4 Å². The molecule has 70 valence electrons. The lowest BCUT2D eigenvalue weighted by Gasteiger charge is -1.89. The van der Waals surface area contributed by atoms with Crippen LogP contribution in [-0.4, -0.2) is 18.5 Å². The van der Waals surface area contributed by atoms with Crippen LogP contribution < -0.4 is 0 Å². The van der Waals surface area contributed by atoms with E-state index in [2.05, 4.69) is 18.4 Å². The maximum Gasteiger partial charge on any atom is 0.0319 e. The number of aliphatic hydroxyl groups excluding tert-OH is 1. The van der Waals surface area contributed by atoms with Gasteiger partial charge in [-0.15, -0.1) is 11.8 Å². The fourth-order valence-corrected chi connectivity index (χ4v) is 0.986. The maximum absolute atomic E-state index is 7.00. The maximum atomic E-state index is 7.00. The molecule has 0 bridgehead atoms. The van der Waals surface area contributed by atoms with Crippen LogP contribution in [0, 0.1) is 0 Å². The molecule has 1 N–H and O–H groups in total. The van der Waals surface area contributed by atoms with E-state index in [0.29, 0.717) is 0 Å². The predicted octanol–water partition coefficient (Wildman–Crippen LogP) is 3.04. The second-order valence-corrected chi connectivity index (χ2v) is 2.40. The van der Waals surface area contributed by atoms with E-state index in [1.807, 2.05) is 32.0 Å². The standard InChI is InChI=1S/C7H8S.C2H6.CH4O/c1-8-7-5-3-2-4-6-7;2*1-2/h2-6H,1H3;1-2H3;2H,1H3. The molecule has 0 saturated carbocycles. The number of benzene rings is 1. The van der Waals surface area contributed by atoms with Gasteiger partial charge in [0.2, 0.25) is 0 Å². The molecule has 1 rings (SSSR count). The third-order valence-electron chi connectivity index (χ3n) is 0.979. The predicted molar refractivity (Wildman–Crippen MR) is 57.7 cm³/mol. The van der Waals surface area contributed by atoms with E-state index >= 15 is 0 Å². The van der Waals surface area contributed by atoms with Crippen LogP contribution in [0.4, 0.5) is 0 Å². The first-order valence-electron chi connectivity index (χ1n) is 3.97. The Balaban J connectivity index is 0. The van der Waals surface area contributed by atoms with Gasteiger partial charge < -0.3 is 5.11 Å². The van der Waals surface area contributed by atoms with Crippen LogP contribution in [0.15, 0.2) is 35.2 Å². The first-order chi connectivity index (χ1) is 5.93. The zero-order chi connectivity index (χ0) is 9.82. The van der Waals surface area contributed by atoms with Crippen LogP contribution in [0.3, 0.4) is 0 Å². The van der Waals surface area contributed by atoms with Crippen molar-refractivity contribution in [1.82, 2.24) is 0 Å². The Morgan fingerprint density at radius 2 is 1.42 bits per heavy atom. The van der Waals surface area contributed by atoms with Crippen LogP contribution >= 0.6 is 11.8 Å². The molecule has 0 aliphatic heterocycles. The van der Waals surface area contributed by atoms with Crippen molar-refractivity contribution in [3.8, 4) is 0 Å². The third-order valence-corrected chi connectivity index (χ3v) is 1.72. The number of rotatable bonds is 1. The van der Waals surface area contributed by atoms with E-state index in [4.69, 9.17) is 5.11 Å². The lowest BCUT2D eigenvalue weighted by molar-refractivity contribution is 0.399. The summed E-state index contributed by atoms with van der Waals surface area (Å²) in [5.74, 6) is 0. The van der Waals surface area contributed by atoms with E-state index in [-0.39, 0.29) is 0 Å². The van der Waals surface area contributed by atoms with Crippen molar-refractivity contribution < 1.29 is 5.11 Å². The van der Waals surface area contributed by atoms with Gasteiger partial charge in [0, 0.05) is 12.0 Å². The molecule has 0 amide bonds. The summed E-state index contributed by atoms with van der Waals surface area (Å²) >= 11 is 1.77. The fraction of sp³-hybridized carbons (Fsp3) is 0.400. The smallest absolute Gasteiger partial charge is 0.0319 e. The quantitative estimate of drug-likeness (QED) is 0.680. The summed E-state index contributed by atoms with van der Waals surface area (Å²) in [6.07, 6.45) is 2.08. The SMILES string of the molecule is CC.CO.CSc1ccccc1. The normalized spacial score (nSPS) is 7.08. The monoisotopic (exact) mass is 186 g/mol. The highest BCUT2D eigenvalue weighted by atomic mass is 32.2. The van der Waals surface area contributed by atoms with Crippen molar-refractivity contribution in [2.45, 2.75) is 18.7 Å². The first kappa shape index (κ1) is 14.1. The average molecular weight is 186 g/mol. The molecule has 0 radical (unpaired) electrons. The topological polar surface area (TPSA) is 20.2 Å². The second-order valence-electron chi connectivity index (χ2n) is 1.52. The molecule has 12 heavy (non-hydrogen) atoms. The van der Waals surface area contributed by atoms with Gasteiger partial charge in [-0.3, -0.25) is 0 Å². The number of aliphatic hydroxyl groups is 1. The van der Waals surface area contributed by atoms with Gasteiger partial charge in [0.1, 0.15) is 0 Å². The molecule has 0 fully saturated rings. The fourth-order valence-electron chi connectivity index (χ4n) is 0.557. The van der Waals surface area contributed by atoms with Crippen molar-refractivity contribution in [3.05, 3.63) is 30.3 Å². The van der Waals surface area contributed by atoms with Gasteiger partial charge in [0.15, 0.2) is 0 Å². The molecule has 0 aliphatic carbocycles. The summed E-state index contributed by atoms with van der Waals surface area (Å²) in [6.45, 7) is 4.00. The van der Waals surface area contributed by atoms with Crippen molar-refractivity contribution >= 4 is 11.8 Å². The van der Waals surface area contributed by atoms with Gasteiger partial charge >= 0.3 is 0 Å². The molecule has 0 saturated heterocycles. The van der Waals surface area contributed by atoms with E-state index in [1.54, 1.807) is 11.8 Å². The van der Waals surface area contributed by atoms with Gasteiger partial charge in [-0.1, -0.05) is 32.0 Å². The summed E-state index contributed by atoms with van der Waals surface area (Å²) in [5, 5.41) is 7.00. The Labute approximate surface area is 79.8 Å². The van der Waals surface area contributed by atoms with Crippen LogP contribution in [0.2, 0.25) is 0 Å². The van der Waals surface area contributed by atoms with E-state index in [9.17, 15) is 0 Å². The van der Waals surface area contributed by atoms with Crippen LogP contribution in [0.5, 0.6) is 0 Å². The summed E-state index contributed by atoms with van der Waals surface area (Å²) < 4.78 is 0. The molecule has 0 unspecified atom stereocenters.